The zero-order valence-corrected chi connectivity index (χ0v) is 9.19. The van der Waals surface area contributed by atoms with E-state index in [2.05, 4.69) is 23.8 Å². The van der Waals surface area contributed by atoms with Crippen molar-refractivity contribution in [3.05, 3.63) is 30.2 Å². The SMILES string of the molecule is COc1ccc2ncnc(C(C)C)c2c1. The molecule has 0 spiro atoms. The average molecular weight is 202 g/mol. The number of aromatic nitrogens is 2. The van der Waals surface area contributed by atoms with E-state index >= 15 is 0 Å². The van der Waals surface area contributed by atoms with Crippen LogP contribution in [0.2, 0.25) is 0 Å². The highest BCUT2D eigenvalue weighted by atomic mass is 16.5. The maximum atomic E-state index is 5.20. The molecule has 0 amide bonds. The molecule has 0 atom stereocenters. The number of nitrogens with zero attached hydrogens (tertiary/aromatic N) is 2. The second-order valence-electron chi connectivity index (χ2n) is 3.80. The second kappa shape index (κ2) is 3.85. The normalized spacial score (nSPS) is 10.9. The van der Waals surface area contributed by atoms with Gasteiger partial charge in [-0.25, -0.2) is 9.97 Å². The lowest BCUT2D eigenvalue weighted by molar-refractivity contribution is 0.415. The first kappa shape index (κ1) is 9.90. The van der Waals surface area contributed by atoms with E-state index in [1.54, 1.807) is 13.4 Å². The van der Waals surface area contributed by atoms with E-state index in [1.165, 1.54) is 0 Å². The van der Waals surface area contributed by atoms with Crippen molar-refractivity contribution in [2.75, 3.05) is 7.11 Å². The van der Waals surface area contributed by atoms with Crippen LogP contribution >= 0.6 is 0 Å². The van der Waals surface area contributed by atoms with E-state index in [0.717, 1.165) is 22.3 Å². The zero-order chi connectivity index (χ0) is 10.8. The minimum absolute atomic E-state index is 0.391. The third kappa shape index (κ3) is 1.77. The summed E-state index contributed by atoms with van der Waals surface area (Å²) in [5, 5.41) is 1.08. The molecule has 0 N–H and O–H groups in total. The predicted octanol–water partition coefficient (Wildman–Crippen LogP) is 2.76. The Labute approximate surface area is 89.1 Å². The average Bonchev–Trinajstić information content (AvgIpc) is 2.27. The van der Waals surface area contributed by atoms with Crippen LogP contribution in [0.15, 0.2) is 24.5 Å². The van der Waals surface area contributed by atoms with E-state index in [4.69, 9.17) is 4.74 Å². The molecule has 2 rings (SSSR count). The summed E-state index contributed by atoms with van der Waals surface area (Å²) in [7, 11) is 1.67. The van der Waals surface area contributed by atoms with Crippen LogP contribution in [0.3, 0.4) is 0 Å². The molecule has 0 aliphatic rings. The fourth-order valence-electron chi connectivity index (χ4n) is 1.64. The Balaban J connectivity index is 2.70. The summed E-state index contributed by atoms with van der Waals surface area (Å²) in [6, 6.07) is 5.87. The number of fused-ring (bicyclic) bond motifs is 1. The first-order valence-corrected chi connectivity index (χ1v) is 5.01. The van der Waals surface area contributed by atoms with E-state index in [9.17, 15) is 0 Å². The van der Waals surface area contributed by atoms with Gasteiger partial charge in [0.05, 0.1) is 18.3 Å². The molecule has 1 aromatic carbocycles. The summed E-state index contributed by atoms with van der Waals surface area (Å²) in [6.07, 6.45) is 1.62. The minimum Gasteiger partial charge on any atom is -0.497 e. The monoisotopic (exact) mass is 202 g/mol. The summed E-state index contributed by atoms with van der Waals surface area (Å²) in [5.41, 5.74) is 2.04. The Morgan fingerprint density at radius 1 is 1.20 bits per heavy atom. The van der Waals surface area contributed by atoms with Crippen molar-refractivity contribution in [2.45, 2.75) is 19.8 Å². The summed E-state index contributed by atoms with van der Waals surface area (Å²) in [4.78, 5) is 8.55. The Hall–Kier alpha value is -1.64. The van der Waals surface area contributed by atoms with Gasteiger partial charge in [-0.2, -0.15) is 0 Å². The van der Waals surface area contributed by atoms with Gasteiger partial charge in [-0.1, -0.05) is 13.8 Å². The number of rotatable bonds is 2. The fraction of sp³-hybridized carbons (Fsp3) is 0.333. The maximum Gasteiger partial charge on any atom is 0.119 e. The van der Waals surface area contributed by atoms with Crippen LogP contribution in [0.4, 0.5) is 0 Å². The summed E-state index contributed by atoms with van der Waals surface area (Å²) < 4.78 is 5.20. The van der Waals surface area contributed by atoms with E-state index in [-0.39, 0.29) is 0 Å². The second-order valence-corrected chi connectivity index (χ2v) is 3.80. The van der Waals surface area contributed by atoms with Crippen molar-refractivity contribution in [1.29, 1.82) is 0 Å². The van der Waals surface area contributed by atoms with E-state index in [0.29, 0.717) is 5.92 Å². The van der Waals surface area contributed by atoms with Crippen molar-refractivity contribution < 1.29 is 4.74 Å². The molecule has 15 heavy (non-hydrogen) atoms. The molecule has 2 aromatic rings. The van der Waals surface area contributed by atoms with Gasteiger partial charge in [0.15, 0.2) is 0 Å². The lowest BCUT2D eigenvalue weighted by Gasteiger charge is -2.08. The smallest absolute Gasteiger partial charge is 0.119 e. The van der Waals surface area contributed by atoms with E-state index < -0.39 is 0 Å². The molecular formula is C12H14N2O. The van der Waals surface area contributed by atoms with Crippen molar-refractivity contribution in [3.8, 4) is 5.75 Å². The van der Waals surface area contributed by atoms with Gasteiger partial charge in [-0.05, 0) is 24.1 Å². The number of ether oxygens (including phenoxy) is 1. The largest absolute Gasteiger partial charge is 0.497 e. The topological polar surface area (TPSA) is 35.0 Å². The van der Waals surface area contributed by atoms with Gasteiger partial charge in [0.25, 0.3) is 0 Å². The first-order valence-electron chi connectivity index (χ1n) is 5.01. The predicted molar refractivity (Wildman–Crippen MR) is 60.2 cm³/mol. The van der Waals surface area contributed by atoms with Crippen LogP contribution in [0.5, 0.6) is 5.75 Å². The van der Waals surface area contributed by atoms with Crippen molar-refractivity contribution >= 4 is 10.9 Å². The van der Waals surface area contributed by atoms with Crippen LogP contribution < -0.4 is 4.74 Å². The fourth-order valence-corrected chi connectivity index (χ4v) is 1.64. The summed E-state index contributed by atoms with van der Waals surface area (Å²) >= 11 is 0. The highest BCUT2D eigenvalue weighted by Crippen LogP contribution is 2.25. The summed E-state index contributed by atoms with van der Waals surface area (Å²) in [6.45, 7) is 4.25. The molecule has 3 nitrogen and oxygen atoms in total. The van der Waals surface area contributed by atoms with Gasteiger partial charge < -0.3 is 4.74 Å². The highest BCUT2D eigenvalue weighted by Gasteiger charge is 2.07. The molecule has 1 heterocycles. The number of hydrogen-bond acceptors (Lipinski definition) is 3. The highest BCUT2D eigenvalue weighted by molar-refractivity contribution is 5.82. The van der Waals surface area contributed by atoms with Gasteiger partial charge in [0.2, 0.25) is 0 Å². The third-order valence-electron chi connectivity index (χ3n) is 2.42. The molecule has 0 radical (unpaired) electrons. The van der Waals surface area contributed by atoms with E-state index in [1.807, 2.05) is 18.2 Å². The molecular weight excluding hydrogens is 188 g/mol. The molecule has 0 aliphatic heterocycles. The standard InChI is InChI=1S/C12H14N2O/c1-8(2)12-10-6-9(15-3)4-5-11(10)13-7-14-12/h4-8H,1-3H3. The summed E-state index contributed by atoms with van der Waals surface area (Å²) in [5.74, 6) is 1.24. The zero-order valence-electron chi connectivity index (χ0n) is 9.19. The van der Waals surface area contributed by atoms with Crippen LogP contribution in [0, 0.1) is 0 Å². The minimum atomic E-state index is 0.391. The molecule has 1 aromatic heterocycles. The van der Waals surface area contributed by atoms with Crippen LogP contribution in [-0.2, 0) is 0 Å². The third-order valence-corrected chi connectivity index (χ3v) is 2.42. The Morgan fingerprint density at radius 2 is 2.00 bits per heavy atom. The molecule has 3 heteroatoms. The van der Waals surface area contributed by atoms with Crippen molar-refractivity contribution in [1.82, 2.24) is 9.97 Å². The lowest BCUT2D eigenvalue weighted by atomic mass is 10.0. The molecule has 0 fully saturated rings. The maximum absolute atomic E-state index is 5.20. The number of benzene rings is 1. The molecule has 0 saturated heterocycles. The first-order chi connectivity index (χ1) is 7.22. The van der Waals surface area contributed by atoms with Gasteiger partial charge in [-0.15, -0.1) is 0 Å². The van der Waals surface area contributed by atoms with Crippen LogP contribution in [0.25, 0.3) is 10.9 Å². The Kier molecular flexibility index (Phi) is 2.54. The van der Waals surface area contributed by atoms with Gasteiger partial charge >= 0.3 is 0 Å². The Morgan fingerprint density at radius 3 is 2.67 bits per heavy atom. The van der Waals surface area contributed by atoms with Crippen molar-refractivity contribution in [3.63, 3.8) is 0 Å². The van der Waals surface area contributed by atoms with Crippen LogP contribution in [0.1, 0.15) is 25.5 Å². The molecule has 0 aliphatic carbocycles. The number of methoxy groups -OCH3 is 1. The van der Waals surface area contributed by atoms with Crippen molar-refractivity contribution in [2.24, 2.45) is 0 Å². The number of hydrogen-bond donors (Lipinski definition) is 0. The van der Waals surface area contributed by atoms with Gasteiger partial charge in [0.1, 0.15) is 12.1 Å². The Bertz CT molecular complexity index is 480. The molecule has 0 bridgehead atoms. The lowest BCUT2D eigenvalue weighted by Crippen LogP contribution is -1.96. The molecule has 0 unspecified atom stereocenters. The van der Waals surface area contributed by atoms with Gasteiger partial charge in [-0.3, -0.25) is 0 Å². The van der Waals surface area contributed by atoms with Crippen LogP contribution in [-0.4, -0.2) is 17.1 Å². The quantitative estimate of drug-likeness (QED) is 0.751. The molecule has 0 saturated carbocycles. The van der Waals surface area contributed by atoms with Gasteiger partial charge in [0, 0.05) is 5.39 Å². The molecule has 78 valence electrons.